The number of hydrogen-bond donors (Lipinski definition) is 1. The zero-order valence-corrected chi connectivity index (χ0v) is 17.2. The van der Waals surface area contributed by atoms with E-state index in [0.29, 0.717) is 43.9 Å². The van der Waals surface area contributed by atoms with Gasteiger partial charge in [-0.2, -0.15) is 0 Å². The molecule has 0 spiro atoms. The Labute approximate surface area is 171 Å². The molecule has 4 rings (SSSR count). The molecule has 0 aromatic carbocycles. The van der Waals surface area contributed by atoms with E-state index in [1.807, 2.05) is 11.8 Å². The van der Waals surface area contributed by atoms with Gasteiger partial charge in [0.05, 0.1) is 6.04 Å². The number of aromatic nitrogens is 1. The number of carbonyl (C=O) groups is 3. The number of fused-ring (bicyclic) bond motifs is 4. The zero-order valence-electron chi connectivity index (χ0n) is 17.2. The predicted octanol–water partition coefficient (Wildman–Crippen LogP) is 1.74. The minimum atomic E-state index is -0.102. The van der Waals surface area contributed by atoms with Crippen LogP contribution in [0.3, 0.4) is 0 Å². The van der Waals surface area contributed by atoms with Gasteiger partial charge in [-0.3, -0.25) is 14.4 Å². The SMILES string of the molecule is CCCC(=O)NC[C@H]1[C@H]2C[C@H](CN(C(=O)c3ncoc3C)C2)[C@@H]2CCCC(=O)N21. The Bertz CT molecular complexity index is 791. The molecule has 29 heavy (non-hydrogen) atoms. The summed E-state index contributed by atoms with van der Waals surface area (Å²) in [6.07, 6.45) is 6.03. The summed E-state index contributed by atoms with van der Waals surface area (Å²) in [5, 5.41) is 3.03. The highest BCUT2D eigenvalue weighted by Crippen LogP contribution is 2.41. The smallest absolute Gasteiger partial charge is 0.276 e. The maximum atomic E-state index is 13.0. The third-order valence-corrected chi connectivity index (χ3v) is 6.72. The highest BCUT2D eigenvalue weighted by Gasteiger charge is 2.50. The highest BCUT2D eigenvalue weighted by molar-refractivity contribution is 5.93. The molecule has 0 radical (unpaired) electrons. The molecule has 1 aromatic rings. The fraction of sp³-hybridized carbons (Fsp3) is 0.714. The molecule has 0 unspecified atom stereocenters. The van der Waals surface area contributed by atoms with E-state index in [2.05, 4.69) is 15.2 Å². The maximum absolute atomic E-state index is 13.0. The molecule has 3 amide bonds. The molecular formula is C21H30N4O4. The second-order valence-electron chi connectivity index (χ2n) is 8.61. The number of nitrogens with zero attached hydrogens (tertiary/aromatic N) is 3. The minimum Gasteiger partial charge on any atom is -0.448 e. The van der Waals surface area contributed by atoms with Crippen molar-refractivity contribution in [3.05, 3.63) is 17.8 Å². The van der Waals surface area contributed by atoms with E-state index in [0.717, 1.165) is 25.7 Å². The Kier molecular flexibility index (Phi) is 5.61. The molecule has 3 aliphatic heterocycles. The molecule has 3 aliphatic rings. The van der Waals surface area contributed by atoms with Crippen molar-refractivity contribution in [3.63, 3.8) is 0 Å². The topological polar surface area (TPSA) is 95.7 Å². The van der Waals surface area contributed by atoms with Gasteiger partial charge in [-0.15, -0.1) is 0 Å². The molecule has 1 aromatic heterocycles. The fourth-order valence-electron chi connectivity index (χ4n) is 5.40. The van der Waals surface area contributed by atoms with E-state index in [4.69, 9.17) is 4.42 Å². The van der Waals surface area contributed by atoms with E-state index < -0.39 is 0 Å². The molecule has 1 N–H and O–H groups in total. The second-order valence-corrected chi connectivity index (χ2v) is 8.61. The van der Waals surface area contributed by atoms with Gasteiger partial charge in [-0.25, -0.2) is 4.98 Å². The molecular weight excluding hydrogens is 372 g/mol. The summed E-state index contributed by atoms with van der Waals surface area (Å²) < 4.78 is 5.22. The first-order valence-corrected chi connectivity index (χ1v) is 10.8. The van der Waals surface area contributed by atoms with Crippen LogP contribution in [0.25, 0.3) is 0 Å². The molecule has 2 bridgehead atoms. The Hall–Kier alpha value is -2.38. The van der Waals surface area contributed by atoms with Crippen molar-refractivity contribution >= 4 is 17.7 Å². The second kappa shape index (κ2) is 8.16. The van der Waals surface area contributed by atoms with E-state index in [-0.39, 0.29) is 41.6 Å². The van der Waals surface area contributed by atoms with Crippen molar-refractivity contribution in [2.45, 2.75) is 64.5 Å². The van der Waals surface area contributed by atoms with E-state index in [9.17, 15) is 14.4 Å². The van der Waals surface area contributed by atoms with Crippen LogP contribution in [0.1, 0.15) is 61.7 Å². The summed E-state index contributed by atoms with van der Waals surface area (Å²) in [4.78, 5) is 45.9. The van der Waals surface area contributed by atoms with Gasteiger partial charge in [-0.05, 0) is 44.4 Å². The summed E-state index contributed by atoms with van der Waals surface area (Å²) in [7, 11) is 0. The van der Waals surface area contributed by atoms with Crippen molar-refractivity contribution in [1.82, 2.24) is 20.1 Å². The number of piperidine rings is 3. The van der Waals surface area contributed by atoms with Gasteiger partial charge in [0.2, 0.25) is 11.8 Å². The van der Waals surface area contributed by atoms with Crippen LogP contribution in [0.4, 0.5) is 0 Å². The van der Waals surface area contributed by atoms with Crippen molar-refractivity contribution in [2.24, 2.45) is 11.8 Å². The lowest BCUT2D eigenvalue weighted by atomic mass is 9.72. The van der Waals surface area contributed by atoms with Crippen LogP contribution in [-0.4, -0.2) is 64.2 Å². The molecule has 4 heterocycles. The number of aryl methyl sites for hydroxylation is 1. The third kappa shape index (κ3) is 3.76. The number of amides is 3. The number of likely N-dealkylation sites (tertiary alicyclic amines) is 1. The largest absolute Gasteiger partial charge is 0.448 e. The lowest BCUT2D eigenvalue weighted by molar-refractivity contribution is -0.152. The van der Waals surface area contributed by atoms with Crippen LogP contribution in [-0.2, 0) is 9.59 Å². The van der Waals surface area contributed by atoms with Gasteiger partial charge in [0, 0.05) is 38.5 Å². The monoisotopic (exact) mass is 402 g/mol. The average Bonchev–Trinajstić information content (AvgIpc) is 3.13. The number of rotatable bonds is 5. The Morgan fingerprint density at radius 2 is 2.10 bits per heavy atom. The number of hydrogen-bond acceptors (Lipinski definition) is 5. The molecule has 0 saturated carbocycles. The quantitative estimate of drug-likeness (QED) is 0.809. The van der Waals surface area contributed by atoms with E-state index in [1.165, 1.54) is 6.39 Å². The lowest BCUT2D eigenvalue weighted by Crippen LogP contribution is -2.67. The van der Waals surface area contributed by atoms with E-state index >= 15 is 0 Å². The molecule has 3 fully saturated rings. The number of nitrogens with one attached hydrogen (secondary N) is 1. The Morgan fingerprint density at radius 3 is 2.83 bits per heavy atom. The summed E-state index contributed by atoms with van der Waals surface area (Å²) in [5.74, 6) is 1.08. The first-order chi connectivity index (χ1) is 14.0. The normalized spacial score (nSPS) is 28.8. The van der Waals surface area contributed by atoms with Gasteiger partial charge >= 0.3 is 0 Å². The van der Waals surface area contributed by atoms with Crippen molar-refractivity contribution < 1.29 is 18.8 Å². The fourth-order valence-corrected chi connectivity index (χ4v) is 5.40. The van der Waals surface area contributed by atoms with Gasteiger partial charge < -0.3 is 19.5 Å². The molecule has 4 atom stereocenters. The Morgan fingerprint density at radius 1 is 1.31 bits per heavy atom. The third-order valence-electron chi connectivity index (χ3n) is 6.72. The van der Waals surface area contributed by atoms with E-state index in [1.54, 1.807) is 6.92 Å². The van der Waals surface area contributed by atoms with Crippen LogP contribution in [0.15, 0.2) is 10.8 Å². The summed E-state index contributed by atoms with van der Waals surface area (Å²) in [5.41, 5.74) is 0.370. The molecule has 8 heteroatoms. The van der Waals surface area contributed by atoms with Crippen LogP contribution in [0.2, 0.25) is 0 Å². The van der Waals surface area contributed by atoms with Crippen molar-refractivity contribution in [2.75, 3.05) is 19.6 Å². The van der Waals surface area contributed by atoms with Gasteiger partial charge in [0.15, 0.2) is 12.1 Å². The first-order valence-electron chi connectivity index (χ1n) is 10.8. The van der Waals surface area contributed by atoms with Gasteiger partial charge in [0.1, 0.15) is 5.76 Å². The maximum Gasteiger partial charge on any atom is 0.276 e. The van der Waals surface area contributed by atoms with Crippen molar-refractivity contribution in [1.29, 1.82) is 0 Å². The summed E-state index contributed by atoms with van der Waals surface area (Å²) in [6.45, 7) is 5.41. The molecule has 8 nitrogen and oxygen atoms in total. The standard InChI is InChI=1S/C21H30N4O4/c1-3-5-18(26)22-9-17-15-8-14(16-6-4-7-19(27)25(16)17)10-24(11-15)21(28)20-13(2)29-12-23-20/h12,14-17H,3-11H2,1-2H3,(H,22,26)/t14-,15+,16+,17+/m1/s1. The van der Waals surface area contributed by atoms with Crippen LogP contribution >= 0.6 is 0 Å². The van der Waals surface area contributed by atoms with Gasteiger partial charge in [0.25, 0.3) is 5.91 Å². The molecule has 3 saturated heterocycles. The molecule has 158 valence electrons. The minimum absolute atomic E-state index is 0.0256. The van der Waals surface area contributed by atoms with Gasteiger partial charge in [-0.1, -0.05) is 6.92 Å². The zero-order chi connectivity index (χ0) is 20.5. The Balaban J connectivity index is 1.55. The first kappa shape index (κ1) is 19.9. The average molecular weight is 402 g/mol. The number of carbonyl (C=O) groups excluding carboxylic acids is 3. The predicted molar refractivity (Wildman–Crippen MR) is 105 cm³/mol. The highest BCUT2D eigenvalue weighted by atomic mass is 16.3. The van der Waals surface area contributed by atoms with Crippen LogP contribution in [0.5, 0.6) is 0 Å². The summed E-state index contributed by atoms with van der Waals surface area (Å²) in [6, 6.07) is 0.0912. The lowest BCUT2D eigenvalue weighted by Gasteiger charge is -2.56. The van der Waals surface area contributed by atoms with Crippen LogP contribution < -0.4 is 5.32 Å². The van der Waals surface area contributed by atoms with Crippen molar-refractivity contribution in [3.8, 4) is 0 Å². The molecule has 0 aliphatic carbocycles. The summed E-state index contributed by atoms with van der Waals surface area (Å²) >= 11 is 0. The number of oxazole rings is 1. The van der Waals surface area contributed by atoms with Crippen LogP contribution in [0, 0.1) is 18.8 Å².